The highest BCUT2D eigenvalue weighted by molar-refractivity contribution is 7.99. The van der Waals surface area contributed by atoms with E-state index in [1.54, 1.807) is 0 Å². The van der Waals surface area contributed by atoms with Crippen molar-refractivity contribution < 1.29 is 8.83 Å². The molecule has 0 saturated heterocycles. The number of hydrogen-bond donors (Lipinski definition) is 0. The van der Waals surface area contributed by atoms with E-state index in [1.165, 1.54) is 37.3 Å². The smallest absolute Gasteiger partial charge is 0.136 e. The molecule has 0 bridgehead atoms. The Morgan fingerprint density at radius 1 is 0.372 bits per heavy atom. The maximum atomic E-state index is 6.49. The minimum atomic E-state index is 0.888. The lowest BCUT2D eigenvalue weighted by Crippen LogP contribution is -1.93. The largest absolute Gasteiger partial charge is 0.456 e. The number of furan rings is 2. The normalized spacial score (nSPS) is 12.6. The Hall–Kier alpha value is -5.25. The van der Waals surface area contributed by atoms with Gasteiger partial charge in [-0.25, -0.2) is 0 Å². The number of fused-ring (bicyclic) bond motifs is 8. The van der Waals surface area contributed by atoms with E-state index >= 15 is 0 Å². The first-order chi connectivity index (χ1) is 21.3. The Balaban J connectivity index is 1.06. The van der Waals surface area contributed by atoms with E-state index in [0.29, 0.717) is 0 Å². The van der Waals surface area contributed by atoms with Crippen LogP contribution < -0.4 is 0 Å². The van der Waals surface area contributed by atoms with E-state index in [-0.39, 0.29) is 0 Å². The van der Waals surface area contributed by atoms with Crippen LogP contribution >= 0.6 is 11.8 Å². The van der Waals surface area contributed by atoms with Gasteiger partial charge in [-0.2, -0.15) is 0 Å². The maximum absolute atomic E-state index is 6.49. The van der Waals surface area contributed by atoms with Crippen molar-refractivity contribution in [2.24, 2.45) is 0 Å². The highest BCUT2D eigenvalue weighted by Gasteiger charge is 2.20. The fourth-order valence-corrected chi connectivity index (χ4v) is 7.91. The standard InChI is InChI=1S/C40H22O2S/c1-2-9-34-28(7-1)29-15-12-26(21-35(29)41-34)27-13-17-31-30-16-11-25(20-36(30)42-37(31)22-27)24-14-18-38-33(19-24)32-8-3-5-23-6-4-10-39(43-38)40(23)32/h1-22H. The van der Waals surface area contributed by atoms with Crippen LogP contribution in [-0.4, -0.2) is 0 Å². The maximum Gasteiger partial charge on any atom is 0.136 e. The summed E-state index contributed by atoms with van der Waals surface area (Å²) in [5, 5.41) is 7.18. The molecule has 0 N–H and O–H groups in total. The van der Waals surface area contributed by atoms with Crippen molar-refractivity contribution in [2.45, 2.75) is 9.79 Å². The van der Waals surface area contributed by atoms with E-state index in [4.69, 9.17) is 8.83 Å². The quantitative estimate of drug-likeness (QED) is 0.208. The second-order valence-electron chi connectivity index (χ2n) is 11.3. The molecule has 0 unspecified atom stereocenters. The molecule has 0 atom stereocenters. The summed E-state index contributed by atoms with van der Waals surface area (Å²) in [5.74, 6) is 0. The molecule has 1 aliphatic rings. The molecular formula is C40H22O2S. The molecule has 3 heteroatoms. The number of hydrogen-bond acceptors (Lipinski definition) is 3. The van der Waals surface area contributed by atoms with E-state index in [2.05, 4.69) is 121 Å². The highest BCUT2D eigenvalue weighted by atomic mass is 32.2. The molecular weight excluding hydrogens is 545 g/mol. The van der Waals surface area contributed by atoms with Crippen LogP contribution in [0.4, 0.5) is 0 Å². The summed E-state index contributed by atoms with van der Waals surface area (Å²) >= 11 is 1.86. The molecule has 7 aromatic carbocycles. The molecule has 10 rings (SSSR count). The fraction of sp³-hybridized carbons (Fsp3) is 0. The van der Waals surface area contributed by atoms with Gasteiger partial charge >= 0.3 is 0 Å². The van der Waals surface area contributed by atoms with Crippen LogP contribution in [0.1, 0.15) is 0 Å². The Labute approximate surface area is 251 Å². The van der Waals surface area contributed by atoms with Crippen molar-refractivity contribution in [3.8, 4) is 33.4 Å². The molecule has 0 radical (unpaired) electrons. The zero-order valence-electron chi connectivity index (χ0n) is 22.9. The van der Waals surface area contributed by atoms with Crippen molar-refractivity contribution in [1.82, 2.24) is 0 Å². The molecule has 9 aromatic rings. The van der Waals surface area contributed by atoms with Crippen molar-refractivity contribution >= 4 is 66.4 Å². The first-order valence-corrected chi connectivity index (χ1v) is 15.3. The van der Waals surface area contributed by atoms with Crippen molar-refractivity contribution in [1.29, 1.82) is 0 Å². The van der Waals surface area contributed by atoms with Gasteiger partial charge in [0, 0.05) is 36.7 Å². The minimum absolute atomic E-state index is 0.888. The van der Waals surface area contributed by atoms with Gasteiger partial charge in [0.05, 0.1) is 0 Å². The van der Waals surface area contributed by atoms with Gasteiger partial charge in [-0.1, -0.05) is 84.6 Å². The SMILES string of the molecule is c1cc2c3c(cccc3c1)-c1cc(-c3ccc4c(c3)oc3cc(-c5ccc6c(c5)oc5ccccc56)ccc34)ccc1S2. The van der Waals surface area contributed by atoms with Gasteiger partial charge in [0.2, 0.25) is 0 Å². The van der Waals surface area contributed by atoms with Gasteiger partial charge in [-0.15, -0.1) is 0 Å². The van der Waals surface area contributed by atoms with E-state index in [0.717, 1.165) is 60.6 Å². The molecule has 43 heavy (non-hydrogen) atoms. The summed E-state index contributed by atoms with van der Waals surface area (Å²) in [6, 6.07) is 47.8. The molecule has 0 fully saturated rings. The Bertz CT molecular complexity index is 2600. The molecule has 200 valence electrons. The van der Waals surface area contributed by atoms with E-state index < -0.39 is 0 Å². The van der Waals surface area contributed by atoms with Gasteiger partial charge in [0.1, 0.15) is 22.3 Å². The second-order valence-corrected chi connectivity index (χ2v) is 12.4. The molecule has 0 saturated carbocycles. The van der Waals surface area contributed by atoms with Gasteiger partial charge in [0.25, 0.3) is 0 Å². The summed E-state index contributed by atoms with van der Waals surface area (Å²) in [5.41, 5.74) is 10.8. The number of para-hydroxylation sites is 1. The second kappa shape index (κ2) is 8.64. The van der Waals surface area contributed by atoms with Crippen LogP contribution in [0.25, 0.3) is 88.0 Å². The van der Waals surface area contributed by atoms with Crippen molar-refractivity contribution in [2.75, 3.05) is 0 Å². The van der Waals surface area contributed by atoms with Crippen molar-refractivity contribution in [3.63, 3.8) is 0 Å². The fourth-order valence-electron chi connectivity index (χ4n) is 6.79. The van der Waals surface area contributed by atoms with Crippen LogP contribution in [0.15, 0.2) is 152 Å². The topological polar surface area (TPSA) is 26.3 Å². The zero-order chi connectivity index (χ0) is 28.1. The predicted molar refractivity (Wildman–Crippen MR) is 179 cm³/mol. The van der Waals surface area contributed by atoms with Gasteiger partial charge in [-0.3, -0.25) is 0 Å². The van der Waals surface area contributed by atoms with Crippen LogP contribution in [0, 0.1) is 0 Å². The summed E-state index contributed by atoms with van der Waals surface area (Å²) in [7, 11) is 0. The summed E-state index contributed by atoms with van der Waals surface area (Å²) < 4.78 is 12.6. The predicted octanol–water partition coefficient (Wildman–Crippen LogP) is 12.1. The molecule has 2 nitrogen and oxygen atoms in total. The Kier molecular flexibility index (Phi) is 4.68. The minimum Gasteiger partial charge on any atom is -0.456 e. The van der Waals surface area contributed by atoms with Crippen LogP contribution in [0.2, 0.25) is 0 Å². The Morgan fingerprint density at radius 2 is 0.930 bits per heavy atom. The molecule has 0 aliphatic carbocycles. The number of rotatable bonds is 2. The highest BCUT2D eigenvalue weighted by Crippen LogP contribution is 2.49. The summed E-state index contributed by atoms with van der Waals surface area (Å²) in [4.78, 5) is 2.63. The van der Waals surface area contributed by atoms with E-state index in [9.17, 15) is 0 Å². The van der Waals surface area contributed by atoms with Gasteiger partial charge < -0.3 is 8.83 Å². The van der Waals surface area contributed by atoms with Crippen LogP contribution in [0.3, 0.4) is 0 Å². The monoisotopic (exact) mass is 566 g/mol. The first-order valence-electron chi connectivity index (χ1n) is 14.5. The zero-order valence-corrected chi connectivity index (χ0v) is 23.7. The lowest BCUT2D eigenvalue weighted by atomic mass is 9.94. The lowest BCUT2D eigenvalue weighted by Gasteiger charge is -2.21. The number of benzene rings is 7. The third-order valence-electron chi connectivity index (χ3n) is 8.87. The molecule has 3 heterocycles. The lowest BCUT2D eigenvalue weighted by molar-refractivity contribution is 0.668. The average molecular weight is 567 g/mol. The van der Waals surface area contributed by atoms with Crippen LogP contribution in [0.5, 0.6) is 0 Å². The third-order valence-corrected chi connectivity index (χ3v) is 10.0. The molecule has 0 amide bonds. The van der Waals surface area contributed by atoms with Crippen molar-refractivity contribution in [3.05, 3.63) is 133 Å². The first kappa shape index (κ1) is 23.3. The Morgan fingerprint density at radius 3 is 1.63 bits per heavy atom. The average Bonchev–Trinajstić information content (AvgIpc) is 3.61. The molecule has 1 aliphatic heterocycles. The van der Waals surface area contributed by atoms with Crippen LogP contribution in [-0.2, 0) is 0 Å². The third kappa shape index (κ3) is 3.43. The molecule has 2 aromatic heterocycles. The summed E-state index contributed by atoms with van der Waals surface area (Å²) in [6.07, 6.45) is 0. The van der Waals surface area contributed by atoms with Gasteiger partial charge in [-0.05, 0) is 99.4 Å². The molecule has 0 spiro atoms. The van der Waals surface area contributed by atoms with Gasteiger partial charge in [0.15, 0.2) is 0 Å². The van der Waals surface area contributed by atoms with E-state index in [1.807, 2.05) is 23.9 Å². The summed E-state index contributed by atoms with van der Waals surface area (Å²) in [6.45, 7) is 0.